The van der Waals surface area contributed by atoms with Gasteiger partial charge in [0.1, 0.15) is 10.8 Å². The second-order valence-electron chi connectivity index (χ2n) is 4.15. The Kier molecular flexibility index (Phi) is 5.03. The first-order valence-electron chi connectivity index (χ1n) is 6.41. The summed E-state index contributed by atoms with van der Waals surface area (Å²) in [6.45, 7) is 3.93. The minimum atomic E-state index is -0.532. The molecule has 0 saturated heterocycles. The lowest BCUT2D eigenvalue weighted by atomic mass is 10.2. The van der Waals surface area contributed by atoms with Crippen molar-refractivity contribution in [2.45, 2.75) is 26.7 Å². The molecule has 0 radical (unpaired) electrons. The van der Waals surface area contributed by atoms with Gasteiger partial charge in [0.25, 0.3) is 5.91 Å². The van der Waals surface area contributed by atoms with Gasteiger partial charge in [0.2, 0.25) is 5.95 Å². The third-order valence-corrected chi connectivity index (χ3v) is 3.28. The van der Waals surface area contributed by atoms with Crippen LogP contribution < -0.4 is 5.32 Å². The van der Waals surface area contributed by atoms with Crippen LogP contribution in [0.5, 0.6) is 0 Å². The van der Waals surface area contributed by atoms with Gasteiger partial charge in [0.15, 0.2) is 0 Å². The highest BCUT2D eigenvalue weighted by Gasteiger charge is 2.15. The zero-order valence-corrected chi connectivity index (χ0v) is 13.0. The lowest BCUT2D eigenvalue weighted by Crippen LogP contribution is -2.18. The monoisotopic (exact) mass is 325 g/mol. The zero-order chi connectivity index (χ0) is 15.4. The summed E-state index contributed by atoms with van der Waals surface area (Å²) >= 11 is 11.7. The van der Waals surface area contributed by atoms with E-state index in [2.05, 4.69) is 25.5 Å². The first-order chi connectivity index (χ1) is 10.0. The van der Waals surface area contributed by atoms with E-state index in [4.69, 9.17) is 23.2 Å². The molecule has 1 amide bonds. The van der Waals surface area contributed by atoms with Crippen molar-refractivity contribution in [3.8, 4) is 0 Å². The lowest BCUT2D eigenvalue weighted by Gasteiger charge is -2.07. The number of amides is 1. The van der Waals surface area contributed by atoms with Crippen LogP contribution in [-0.2, 0) is 12.8 Å². The number of anilines is 1. The molecule has 0 aliphatic rings. The van der Waals surface area contributed by atoms with Gasteiger partial charge in [-0.1, -0.05) is 37.0 Å². The van der Waals surface area contributed by atoms with Crippen LogP contribution in [0.2, 0.25) is 10.2 Å². The van der Waals surface area contributed by atoms with Gasteiger partial charge in [-0.25, -0.2) is 9.97 Å². The maximum Gasteiger partial charge on any atom is 0.278 e. The Balaban J connectivity index is 2.25. The van der Waals surface area contributed by atoms with Crippen molar-refractivity contribution in [2.75, 3.05) is 5.32 Å². The number of nitrogens with zero attached hydrogens (tertiary/aromatic N) is 4. The molecule has 0 spiro atoms. The molecular weight excluding hydrogens is 313 g/mol. The Bertz CT molecular complexity index is 678. The highest BCUT2D eigenvalue weighted by atomic mass is 35.5. The topological polar surface area (TPSA) is 80.7 Å². The SMILES string of the molecule is CCc1nnc(NC(=O)c2nc(Cl)ccc2Cl)nc1CC. The number of hydrogen-bond acceptors (Lipinski definition) is 5. The van der Waals surface area contributed by atoms with Crippen molar-refractivity contribution in [1.29, 1.82) is 0 Å². The molecule has 8 heteroatoms. The molecule has 0 aromatic carbocycles. The van der Waals surface area contributed by atoms with Crippen molar-refractivity contribution in [3.63, 3.8) is 0 Å². The molecule has 0 atom stereocenters. The number of pyridine rings is 1. The second kappa shape index (κ2) is 6.78. The molecule has 2 heterocycles. The molecule has 0 aliphatic carbocycles. The fourth-order valence-corrected chi connectivity index (χ4v) is 2.07. The van der Waals surface area contributed by atoms with Crippen LogP contribution in [0.3, 0.4) is 0 Å². The highest BCUT2D eigenvalue weighted by Crippen LogP contribution is 2.17. The van der Waals surface area contributed by atoms with Crippen LogP contribution in [0, 0.1) is 0 Å². The van der Waals surface area contributed by atoms with E-state index in [1.165, 1.54) is 12.1 Å². The molecule has 2 aromatic heterocycles. The van der Waals surface area contributed by atoms with Crippen LogP contribution >= 0.6 is 23.2 Å². The Hall–Kier alpha value is -1.79. The summed E-state index contributed by atoms with van der Waals surface area (Å²) in [5.41, 5.74) is 1.63. The summed E-state index contributed by atoms with van der Waals surface area (Å²) in [4.78, 5) is 20.3. The molecule has 21 heavy (non-hydrogen) atoms. The van der Waals surface area contributed by atoms with E-state index in [1.807, 2.05) is 13.8 Å². The van der Waals surface area contributed by atoms with Gasteiger partial charge in [0, 0.05) is 0 Å². The molecule has 0 unspecified atom stereocenters. The molecule has 2 aromatic rings. The Labute approximate surface area is 131 Å². The van der Waals surface area contributed by atoms with Crippen molar-refractivity contribution >= 4 is 35.1 Å². The number of hydrogen-bond donors (Lipinski definition) is 1. The molecule has 2 rings (SSSR count). The van der Waals surface area contributed by atoms with Gasteiger partial charge in [-0.2, -0.15) is 0 Å². The molecule has 1 N–H and O–H groups in total. The van der Waals surface area contributed by atoms with E-state index in [0.717, 1.165) is 17.8 Å². The maximum absolute atomic E-state index is 12.1. The van der Waals surface area contributed by atoms with Crippen LogP contribution in [0.25, 0.3) is 0 Å². The van der Waals surface area contributed by atoms with E-state index in [1.54, 1.807) is 0 Å². The van der Waals surface area contributed by atoms with Gasteiger partial charge in [-0.3, -0.25) is 10.1 Å². The minimum absolute atomic E-state index is 0.0189. The average Bonchev–Trinajstić information content (AvgIpc) is 2.49. The number of aromatic nitrogens is 4. The number of carbonyl (C=O) groups is 1. The number of carbonyl (C=O) groups excluding carboxylic acids is 1. The van der Waals surface area contributed by atoms with Crippen molar-refractivity contribution in [2.24, 2.45) is 0 Å². The summed E-state index contributed by atoms with van der Waals surface area (Å²) in [6.07, 6.45) is 1.44. The third kappa shape index (κ3) is 3.65. The number of aryl methyl sites for hydroxylation is 2. The molecule has 0 saturated carbocycles. The van der Waals surface area contributed by atoms with Gasteiger partial charge in [-0.15, -0.1) is 10.2 Å². The van der Waals surface area contributed by atoms with Gasteiger partial charge in [-0.05, 0) is 25.0 Å². The van der Waals surface area contributed by atoms with Gasteiger partial charge >= 0.3 is 0 Å². The maximum atomic E-state index is 12.1. The highest BCUT2D eigenvalue weighted by molar-refractivity contribution is 6.35. The predicted octanol–water partition coefficient (Wildman–Crippen LogP) is 2.95. The fraction of sp³-hybridized carbons (Fsp3) is 0.308. The zero-order valence-electron chi connectivity index (χ0n) is 11.5. The van der Waals surface area contributed by atoms with Crippen LogP contribution in [0.15, 0.2) is 12.1 Å². The van der Waals surface area contributed by atoms with Crippen molar-refractivity contribution in [1.82, 2.24) is 20.2 Å². The standard InChI is InChI=1S/C13H13Cl2N5O/c1-3-8-9(4-2)19-20-13(16-8)18-12(21)11-7(14)5-6-10(15)17-11/h5-6H,3-4H2,1-2H3,(H,16,18,20,21). The molecule has 110 valence electrons. The average molecular weight is 326 g/mol. The number of nitrogens with one attached hydrogen (secondary N) is 1. The Morgan fingerprint density at radius 1 is 1.10 bits per heavy atom. The van der Waals surface area contributed by atoms with Crippen LogP contribution in [0.1, 0.15) is 35.7 Å². The smallest absolute Gasteiger partial charge is 0.278 e. The normalized spacial score (nSPS) is 10.5. The van der Waals surface area contributed by atoms with E-state index in [0.29, 0.717) is 6.42 Å². The van der Waals surface area contributed by atoms with E-state index in [9.17, 15) is 4.79 Å². The molecule has 0 aliphatic heterocycles. The van der Waals surface area contributed by atoms with Crippen molar-refractivity contribution < 1.29 is 4.79 Å². The van der Waals surface area contributed by atoms with Crippen LogP contribution in [0.4, 0.5) is 5.95 Å². The van der Waals surface area contributed by atoms with Crippen LogP contribution in [-0.4, -0.2) is 26.1 Å². The Morgan fingerprint density at radius 2 is 1.81 bits per heavy atom. The fourth-order valence-electron chi connectivity index (χ4n) is 1.73. The quantitative estimate of drug-likeness (QED) is 0.874. The summed E-state index contributed by atoms with van der Waals surface area (Å²) in [5, 5.41) is 10.8. The number of rotatable bonds is 4. The van der Waals surface area contributed by atoms with E-state index in [-0.39, 0.29) is 21.8 Å². The summed E-state index contributed by atoms with van der Waals surface area (Å²) in [6, 6.07) is 3.01. The van der Waals surface area contributed by atoms with Crippen molar-refractivity contribution in [3.05, 3.63) is 39.4 Å². The first-order valence-corrected chi connectivity index (χ1v) is 7.16. The molecule has 0 bridgehead atoms. The lowest BCUT2D eigenvalue weighted by molar-refractivity contribution is 0.102. The van der Waals surface area contributed by atoms with E-state index >= 15 is 0 Å². The van der Waals surface area contributed by atoms with E-state index < -0.39 is 5.91 Å². The van der Waals surface area contributed by atoms with Gasteiger partial charge < -0.3 is 0 Å². The molecular formula is C13H13Cl2N5O. The summed E-state index contributed by atoms with van der Waals surface area (Å²) in [7, 11) is 0. The Morgan fingerprint density at radius 3 is 2.48 bits per heavy atom. The van der Waals surface area contributed by atoms with Gasteiger partial charge in [0.05, 0.1) is 16.4 Å². The second-order valence-corrected chi connectivity index (χ2v) is 4.95. The first kappa shape index (κ1) is 15.6. The largest absolute Gasteiger partial charge is 0.288 e. The predicted molar refractivity (Wildman–Crippen MR) is 80.8 cm³/mol. The minimum Gasteiger partial charge on any atom is -0.288 e. The number of halogens is 2. The summed E-state index contributed by atoms with van der Waals surface area (Å²) < 4.78 is 0. The molecule has 0 fully saturated rings. The molecule has 6 nitrogen and oxygen atoms in total. The summed E-state index contributed by atoms with van der Waals surface area (Å²) in [5.74, 6) is -0.414. The third-order valence-electron chi connectivity index (χ3n) is 2.76.